The van der Waals surface area contributed by atoms with Crippen LogP contribution in [0.5, 0.6) is 23.5 Å². The van der Waals surface area contributed by atoms with E-state index in [4.69, 9.17) is 24.1 Å². The van der Waals surface area contributed by atoms with Crippen molar-refractivity contribution >= 4 is 5.97 Å². The summed E-state index contributed by atoms with van der Waals surface area (Å²) in [5.41, 5.74) is 6.87. The van der Waals surface area contributed by atoms with Crippen LogP contribution in [0.15, 0.2) is 60.7 Å². The van der Waals surface area contributed by atoms with Gasteiger partial charge in [-0.1, -0.05) is 36.4 Å². The Kier molecular flexibility index (Phi) is 14.3. The second kappa shape index (κ2) is 18.6. The fourth-order valence-electron chi connectivity index (χ4n) is 5.31. The predicted octanol–water partition coefficient (Wildman–Crippen LogP) is 4.82. The van der Waals surface area contributed by atoms with Crippen molar-refractivity contribution in [2.24, 2.45) is 0 Å². The van der Waals surface area contributed by atoms with Crippen molar-refractivity contribution in [3.63, 3.8) is 0 Å². The number of alkyl halides is 4. The fourth-order valence-corrected chi connectivity index (χ4v) is 5.31. The Bertz CT molecular complexity index is 1850. The topological polar surface area (TPSA) is 165 Å². The molecule has 0 fully saturated rings. The summed E-state index contributed by atoms with van der Waals surface area (Å²) in [5, 5.41) is 32.8. The van der Waals surface area contributed by atoms with Gasteiger partial charge in [0.05, 0.1) is 14.2 Å². The first-order valence-electron chi connectivity index (χ1n) is 16.4. The molecule has 0 radical (unpaired) electrons. The van der Waals surface area contributed by atoms with Gasteiger partial charge >= 0.3 is 11.9 Å². The molecule has 286 valence electrons. The van der Waals surface area contributed by atoms with Crippen molar-refractivity contribution in [1.82, 2.24) is 20.6 Å². The van der Waals surface area contributed by atoms with E-state index in [-0.39, 0.29) is 50.5 Å². The minimum atomic E-state index is -4.29. The van der Waals surface area contributed by atoms with E-state index in [0.717, 1.165) is 33.4 Å². The molecule has 0 saturated carbocycles. The second-order valence-corrected chi connectivity index (χ2v) is 12.0. The quantitative estimate of drug-likeness (QED) is 0.0785. The number of benzene rings is 2. The SMILES string of the molecule is COc1nc(OCc2cccc(-c3cccc(COc4ccc(CNCC(O)C(F)(F)C(=O)O)c(OC)n4)c3C)c2C)ccc1CNCC(O)C(F)F. The Labute approximate surface area is 303 Å². The molecular formula is C37H42F4N4O8. The number of hydrogen-bond acceptors (Lipinski definition) is 11. The summed E-state index contributed by atoms with van der Waals surface area (Å²) < 4.78 is 74.8. The summed E-state index contributed by atoms with van der Waals surface area (Å²) in [5.74, 6) is -5.71. The summed E-state index contributed by atoms with van der Waals surface area (Å²) in [6.07, 6.45) is -7.04. The summed E-state index contributed by atoms with van der Waals surface area (Å²) in [6, 6.07) is 18.4. The first kappa shape index (κ1) is 40.7. The highest BCUT2D eigenvalue weighted by Gasteiger charge is 2.46. The Morgan fingerprint density at radius 3 is 1.60 bits per heavy atom. The number of carboxylic acids is 1. The molecule has 2 aromatic carbocycles. The zero-order valence-corrected chi connectivity index (χ0v) is 29.5. The maximum atomic E-state index is 13.5. The van der Waals surface area contributed by atoms with Gasteiger partial charge in [-0.15, -0.1) is 0 Å². The largest absolute Gasteiger partial charge is 0.481 e. The smallest absolute Gasteiger partial charge is 0.377 e. The fraction of sp³-hybridized carbons (Fsp3) is 0.378. The minimum absolute atomic E-state index is 0.0255. The van der Waals surface area contributed by atoms with E-state index in [1.54, 1.807) is 24.3 Å². The van der Waals surface area contributed by atoms with E-state index >= 15 is 0 Å². The number of nitrogens with one attached hydrogen (secondary N) is 2. The first-order chi connectivity index (χ1) is 25.3. The summed E-state index contributed by atoms with van der Waals surface area (Å²) in [4.78, 5) is 19.4. The molecule has 2 heterocycles. The molecule has 2 unspecified atom stereocenters. The van der Waals surface area contributed by atoms with E-state index in [1.165, 1.54) is 14.2 Å². The lowest BCUT2D eigenvalue weighted by molar-refractivity contribution is -0.181. The zero-order chi connectivity index (χ0) is 38.7. The Hall–Kier alpha value is -5.03. The van der Waals surface area contributed by atoms with Crippen LogP contribution < -0.4 is 29.6 Å². The summed E-state index contributed by atoms with van der Waals surface area (Å²) in [7, 11) is 2.83. The molecule has 0 amide bonds. The number of ether oxygens (including phenoxy) is 4. The number of aliphatic hydroxyl groups excluding tert-OH is 2. The standard InChI is InChI=1S/C37H42F4N4O8/c1-21-25(19-52-31-13-11-23(34(44-31)50-3)15-42-17-29(46)33(38)39)7-5-9-27(21)28-10-6-8-26(22(28)2)20-53-32-14-12-24(35(45-32)51-4)16-43-18-30(47)37(40,41)36(48)49/h5-14,29-30,33,42-43,46-47H,15-20H2,1-4H3,(H,48,49). The second-order valence-electron chi connectivity index (χ2n) is 12.0. The number of methoxy groups -OCH3 is 2. The van der Waals surface area contributed by atoms with Crippen LogP contribution in [0.3, 0.4) is 0 Å². The van der Waals surface area contributed by atoms with Crippen LogP contribution in [0.4, 0.5) is 17.6 Å². The molecule has 4 rings (SSSR count). The molecule has 0 aliphatic heterocycles. The third-order valence-electron chi connectivity index (χ3n) is 8.46. The van der Waals surface area contributed by atoms with E-state index in [1.807, 2.05) is 50.2 Å². The van der Waals surface area contributed by atoms with Gasteiger partial charge in [-0.3, -0.25) is 0 Å². The third kappa shape index (κ3) is 10.5. The number of carbonyl (C=O) groups is 1. The normalized spacial score (nSPS) is 12.7. The average molecular weight is 747 g/mol. The Balaban J connectivity index is 1.39. The van der Waals surface area contributed by atoms with Gasteiger partial charge in [-0.25, -0.2) is 13.6 Å². The monoisotopic (exact) mass is 746 g/mol. The number of aliphatic hydroxyl groups is 2. The van der Waals surface area contributed by atoms with Gasteiger partial charge in [0.15, 0.2) is 0 Å². The van der Waals surface area contributed by atoms with Crippen LogP contribution in [-0.4, -0.2) is 83.1 Å². The number of pyridine rings is 2. The number of rotatable bonds is 20. The molecule has 16 heteroatoms. The summed E-state index contributed by atoms with van der Waals surface area (Å²) >= 11 is 0. The molecule has 4 aromatic rings. The number of aromatic nitrogens is 2. The molecule has 0 aliphatic rings. The van der Waals surface area contributed by atoms with Crippen molar-refractivity contribution in [3.8, 4) is 34.6 Å². The van der Waals surface area contributed by atoms with E-state index < -0.39 is 37.1 Å². The Morgan fingerprint density at radius 1 is 0.736 bits per heavy atom. The molecule has 2 aromatic heterocycles. The van der Waals surface area contributed by atoms with Crippen molar-refractivity contribution < 1.29 is 56.6 Å². The van der Waals surface area contributed by atoms with Crippen molar-refractivity contribution in [3.05, 3.63) is 94.0 Å². The van der Waals surface area contributed by atoms with Crippen molar-refractivity contribution in [2.75, 3.05) is 27.3 Å². The van der Waals surface area contributed by atoms with Gasteiger partial charge in [0.1, 0.15) is 25.4 Å². The van der Waals surface area contributed by atoms with Crippen LogP contribution >= 0.6 is 0 Å². The molecule has 53 heavy (non-hydrogen) atoms. The lowest BCUT2D eigenvalue weighted by Gasteiger charge is -2.19. The van der Waals surface area contributed by atoms with Gasteiger partial charge in [0, 0.05) is 49.4 Å². The van der Waals surface area contributed by atoms with Gasteiger partial charge in [0.25, 0.3) is 6.43 Å². The molecule has 0 saturated heterocycles. The number of hydrogen-bond donors (Lipinski definition) is 5. The van der Waals surface area contributed by atoms with E-state index in [0.29, 0.717) is 17.0 Å². The first-order valence-corrected chi connectivity index (χ1v) is 16.4. The zero-order valence-electron chi connectivity index (χ0n) is 29.5. The van der Waals surface area contributed by atoms with Crippen LogP contribution in [0.25, 0.3) is 11.1 Å². The highest BCUT2D eigenvalue weighted by molar-refractivity contribution is 5.76. The van der Waals surface area contributed by atoms with Gasteiger partial charge in [-0.2, -0.15) is 18.7 Å². The van der Waals surface area contributed by atoms with Crippen LogP contribution in [-0.2, 0) is 31.1 Å². The van der Waals surface area contributed by atoms with Crippen LogP contribution in [0.2, 0.25) is 0 Å². The maximum absolute atomic E-state index is 13.5. The molecule has 0 aliphatic carbocycles. The minimum Gasteiger partial charge on any atom is -0.481 e. The third-order valence-corrected chi connectivity index (χ3v) is 8.46. The van der Waals surface area contributed by atoms with Gasteiger partial charge in [-0.05, 0) is 59.4 Å². The molecule has 2 atom stereocenters. The molecule has 12 nitrogen and oxygen atoms in total. The number of halogens is 4. The highest BCUT2D eigenvalue weighted by Crippen LogP contribution is 2.32. The molecule has 5 N–H and O–H groups in total. The lowest BCUT2D eigenvalue weighted by atomic mass is 9.92. The molecular weight excluding hydrogens is 704 g/mol. The predicted molar refractivity (Wildman–Crippen MR) is 186 cm³/mol. The molecule has 0 spiro atoms. The number of nitrogens with zero attached hydrogens (tertiary/aromatic N) is 2. The highest BCUT2D eigenvalue weighted by atomic mass is 19.3. The average Bonchev–Trinajstić information content (AvgIpc) is 3.14. The van der Waals surface area contributed by atoms with Crippen LogP contribution in [0, 0.1) is 13.8 Å². The van der Waals surface area contributed by atoms with Gasteiger partial charge in [0.2, 0.25) is 23.5 Å². The number of carboxylic acid groups (broad SMARTS) is 1. The van der Waals surface area contributed by atoms with Gasteiger partial charge < -0.3 is 44.9 Å². The van der Waals surface area contributed by atoms with Crippen molar-refractivity contribution in [1.29, 1.82) is 0 Å². The number of aliphatic carboxylic acids is 1. The van der Waals surface area contributed by atoms with E-state index in [9.17, 15) is 32.6 Å². The van der Waals surface area contributed by atoms with Crippen LogP contribution in [0.1, 0.15) is 33.4 Å². The lowest BCUT2D eigenvalue weighted by Crippen LogP contribution is -2.46. The van der Waals surface area contributed by atoms with E-state index in [2.05, 4.69) is 20.6 Å². The summed E-state index contributed by atoms with van der Waals surface area (Å²) in [6.45, 7) is 3.56. The Morgan fingerprint density at radius 2 is 1.19 bits per heavy atom. The molecule has 0 bridgehead atoms. The van der Waals surface area contributed by atoms with Crippen molar-refractivity contribution in [2.45, 2.75) is 64.7 Å². The maximum Gasteiger partial charge on any atom is 0.377 e.